The summed E-state index contributed by atoms with van der Waals surface area (Å²) in [6.45, 7) is 0. The number of likely N-dealkylation sites (N-methyl/N-ethyl adjacent to an activating group) is 1. The van der Waals surface area contributed by atoms with Crippen molar-refractivity contribution in [3.63, 3.8) is 0 Å². The van der Waals surface area contributed by atoms with Crippen molar-refractivity contribution in [2.75, 3.05) is 14.2 Å². The number of nitrogens with zero attached hydrogens (tertiary/aromatic N) is 1. The first-order valence-corrected chi connectivity index (χ1v) is 10.7. The van der Waals surface area contributed by atoms with Crippen LogP contribution in [-0.2, 0) is 14.4 Å². The molecule has 0 aliphatic carbocycles. The van der Waals surface area contributed by atoms with Gasteiger partial charge in [-0.15, -0.1) is 13.2 Å². The van der Waals surface area contributed by atoms with E-state index in [9.17, 15) is 37.5 Å². The molecule has 0 radical (unpaired) electrons. The van der Waals surface area contributed by atoms with Gasteiger partial charge in [0, 0.05) is 19.3 Å². The summed E-state index contributed by atoms with van der Waals surface area (Å²) < 4.78 is 47.2. The molecule has 0 aromatic heterocycles. The Labute approximate surface area is 208 Å². The number of urea groups is 1. The molecule has 13 heteroatoms. The molecule has 0 spiro atoms. The minimum Gasteiger partial charge on any atom is -0.497 e. The highest BCUT2D eigenvalue weighted by atomic mass is 19.4. The Morgan fingerprint density at radius 2 is 1.81 bits per heavy atom. The molecule has 1 heterocycles. The fourth-order valence-electron chi connectivity index (χ4n) is 3.55. The van der Waals surface area contributed by atoms with Crippen LogP contribution in [0.5, 0.6) is 11.5 Å². The lowest BCUT2D eigenvalue weighted by Crippen LogP contribution is -2.55. The first-order valence-electron chi connectivity index (χ1n) is 10.7. The second-order valence-corrected chi connectivity index (χ2v) is 7.94. The molecule has 3 rings (SSSR count). The molecule has 2 aromatic carbocycles. The number of aliphatic carboxylic acids is 1. The van der Waals surface area contributed by atoms with E-state index >= 15 is 0 Å². The molecule has 37 heavy (non-hydrogen) atoms. The maximum absolute atomic E-state index is 12.7. The van der Waals surface area contributed by atoms with Crippen LogP contribution in [0.3, 0.4) is 0 Å². The van der Waals surface area contributed by atoms with Crippen molar-refractivity contribution < 1.29 is 46.9 Å². The summed E-state index contributed by atoms with van der Waals surface area (Å²) in [5, 5.41) is 14.1. The zero-order valence-electron chi connectivity index (χ0n) is 19.5. The van der Waals surface area contributed by atoms with E-state index in [0.717, 1.165) is 23.1 Å². The van der Waals surface area contributed by atoms with Crippen molar-refractivity contribution in [1.29, 1.82) is 0 Å². The molecule has 0 fully saturated rings. The number of carboxylic acid groups (broad SMARTS) is 1. The summed E-state index contributed by atoms with van der Waals surface area (Å²) in [5.41, 5.74) is 0.893. The molecule has 0 saturated heterocycles. The summed E-state index contributed by atoms with van der Waals surface area (Å²) in [6, 6.07) is 5.92. The largest absolute Gasteiger partial charge is 0.573 e. The van der Waals surface area contributed by atoms with Crippen molar-refractivity contribution in [2.45, 2.75) is 24.9 Å². The van der Waals surface area contributed by atoms with E-state index in [1.54, 1.807) is 0 Å². The molecule has 2 atom stereocenters. The Bertz CT molecular complexity index is 1250. The molecule has 0 bridgehead atoms. The molecular weight excluding hydrogens is 499 g/mol. The van der Waals surface area contributed by atoms with Gasteiger partial charge in [-0.1, -0.05) is 12.1 Å². The number of ketones is 1. The van der Waals surface area contributed by atoms with Gasteiger partial charge in [-0.2, -0.15) is 0 Å². The quantitative estimate of drug-likeness (QED) is 0.455. The number of nitrogens with one attached hydrogen (secondary N) is 2. The summed E-state index contributed by atoms with van der Waals surface area (Å²) >= 11 is 0. The number of carbonyl (C=O) groups is 4. The number of benzene rings is 2. The van der Waals surface area contributed by atoms with Crippen molar-refractivity contribution in [2.24, 2.45) is 0 Å². The van der Waals surface area contributed by atoms with Gasteiger partial charge in [0.25, 0.3) is 5.91 Å². The Kier molecular flexibility index (Phi) is 8.05. The fourth-order valence-corrected chi connectivity index (χ4v) is 3.55. The Hall–Kier alpha value is -4.55. The third kappa shape index (κ3) is 7.22. The highest BCUT2D eigenvalue weighted by Crippen LogP contribution is 2.33. The number of methoxy groups -OCH3 is 1. The van der Waals surface area contributed by atoms with Gasteiger partial charge in [0.1, 0.15) is 11.5 Å². The predicted molar refractivity (Wildman–Crippen MR) is 122 cm³/mol. The molecule has 1 aliphatic rings. The smallest absolute Gasteiger partial charge is 0.497 e. The minimum absolute atomic E-state index is 0.233. The normalized spacial score (nSPS) is 16.2. The van der Waals surface area contributed by atoms with Gasteiger partial charge in [0.05, 0.1) is 19.6 Å². The Morgan fingerprint density at radius 1 is 1.11 bits per heavy atom. The standard InChI is InChI=1S/C24H22F3N3O7/c1-30-7-6-19(31)21(22(30)34)29-23(35)28-18(12-20(32)33)15-8-14(10-17(11-15)36-2)13-4-3-5-16(9-13)37-24(25,26)27/h3-11,18,21H,12H2,1-2H3,(H,32,33)(H2,28,29,35)/t18-,21?/m0/s1. The van der Waals surface area contributed by atoms with E-state index < -0.39 is 54.3 Å². The third-order valence-electron chi connectivity index (χ3n) is 5.27. The third-order valence-corrected chi connectivity index (χ3v) is 5.27. The predicted octanol–water partition coefficient (Wildman–Crippen LogP) is 3.00. The second kappa shape index (κ2) is 11.0. The topological polar surface area (TPSA) is 134 Å². The number of rotatable bonds is 8. The highest BCUT2D eigenvalue weighted by Gasteiger charge is 2.33. The van der Waals surface area contributed by atoms with Gasteiger partial charge in [0.2, 0.25) is 0 Å². The number of hydrogen-bond acceptors (Lipinski definition) is 6. The van der Waals surface area contributed by atoms with Gasteiger partial charge >= 0.3 is 18.4 Å². The maximum atomic E-state index is 12.7. The zero-order valence-corrected chi connectivity index (χ0v) is 19.5. The summed E-state index contributed by atoms with van der Waals surface area (Å²) in [5.74, 6) is -2.84. The van der Waals surface area contributed by atoms with Gasteiger partial charge < -0.3 is 30.1 Å². The molecule has 3 amide bonds. The number of halogens is 3. The number of alkyl halides is 3. The first-order chi connectivity index (χ1) is 17.4. The van der Waals surface area contributed by atoms with E-state index in [-0.39, 0.29) is 11.3 Å². The zero-order chi connectivity index (χ0) is 27.3. The van der Waals surface area contributed by atoms with Crippen LogP contribution in [0, 0.1) is 0 Å². The number of amides is 3. The molecule has 0 saturated carbocycles. The summed E-state index contributed by atoms with van der Waals surface area (Å²) in [6.07, 6.45) is -3.12. The van der Waals surface area contributed by atoms with Crippen LogP contribution < -0.4 is 20.1 Å². The van der Waals surface area contributed by atoms with Gasteiger partial charge in [0.15, 0.2) is 11.8 Å². The number of carboxylic acids is 1. The number of carbonyl (C=O) groups excluding carboxylic acids is 3. The SMILES string of the molecule is COc1cc(-c2cccc(OC(F)(F)F)c2)cc([C@H](CC(=O)O)NC(=O)NC2C(=O)C=CN(C)C2=O)c1. The summed E-state index contributed by atoms with van der Waals surface area (Å²) in [7, 11) is 2.74. The van der Waals surface area contributed by atoms with Crippen molar-refractivity contribution in [1.82, 2.24) is 15.5 Å². The Balaban J connectivity index is 1.91. The van der Waals surface area contributed by atoms with Crippen LogP contribution >= 0.6 is 0 Å². The monoisotopic (exact) mass is 521 g/mol. The van der Waals surface area contributed by atoms with Crippen LogP contribution in [0.15, 0.2) is 54.7 Å². The van der Waals surface area contributed by atoms with Crippen LogP contribution in [0.1, 0.15) is 18.0 Å². The van der Waals surface area contributed by atoms with Crippen molar-refractivity contribution in [3.8, 4) is 22.6 Å². The summed E-state index contributed by atoms with van der Waals surface area (Å²) in [4.78, 5) is 49.6. The lowest BCUT2D eigenvalue weighted by atomic mass is 9.97. The Morgan fingerprint density at radius 3 is 2.46 bits per heavy atom. The van der Waals surface area contributed by atoms with E-state index in [2.05, 4.69) is 15.4 Å². The average Bonchev–Trinajstić information content (AvgIpc) is 2.82. The maximum Gasteiger partial charge on any atom is 0.573 e. The lowest BCUT2D eigenvalue weighted by molar-refractivity contribution is -0.274. The van der Waals surface area contributed by atoms with E-state index in [1.165, 1.54) is 50.7 Å². The average molecular weight is 521 g/mol. The fraction of sp³-hybridized carbons (Fsp3) is 0.250. The van der Waals surface area contributed by atoms with E-state index in [0.29, 0.717) is 11.1 Å². The van der Waals surface area contributed by atoms with E-state index in [4.69, 9.17) is 4.74 Å². The van der Waals surface area contributed by atoms with Crippen molar-refractivity contribution in [3.05, 3.63) is 60.3 Å². The van der Waals surface area contributed by atoms with E-state index in [1.807, 2.05) is 0 Å². The first kappa shape index (κ1) is 27.0. The lowest BCUT2D eigenvalue weighted by Gasteiger charge is -2.25. The molecule has 3 N–H and O–H groups in total. The minimum atomic E-state index is -4.90. The van der Waals surface area contributed by atoms with Crippen LogP contribution in [0.2, 0.25) is 0 Å². The molecule has 2 aromatic rings. The van der Waals surface area contributed by atoms with Crippen LogP contribution in [0.4, 0.5) is 18.0 Å². The number of ether oxygens (including phenoxy) is 2. The molecule has 1 unspecified atom stereocenters. The second-order valence-electron chi connectivity index (χ2n) is 7.94. The van der Waals surface area contributed by atoms with Gasteiger partial charge in [-0.05, 0) is 47.0 Å². The van der Waals surface area contributed by atoms with Gasteiger partial charge in [-0.3, -0.25) is 14.4 Å². The van der Waals surface area contributed by atoms with Crippen molar-refractivity contribution >= 4 is 23.7 Å². The molecule has 1 aliphatic heterocycles. The van der Waals surface area contributed by atoms with Crippen LogP contribution in [-0.4, -0.2) is 60.3 Å². The molecular formula is C24H22F3N3O7. The number of hydrogen-bond donors (Lipinski definition) is 3. The van der Waals surface area contributed by atoms with Gasteiger partial charge in [-0.25, -0.2) is 4.79 Å². The van der Waals surface area contributed by atoms with Crippen LogP contribution in [0.25, 0.3) is 11.1 Å². The molecule has 10 nitrogen and oxygen atoms in total. The molecule has 196 valence electrons. The highest BCUT2D eigenvalue weighted by molar-refractivity contribution is 6.14.